The third-order valence-electron chi connectivity index (χ3n) is 7.50. The number of aliphatic hydroxyl groups is 1. The molecule has 1 saturated carbocycles. The summed E-state index contributed by atoms with van der Waals surface area (Å²) < 4.78 is 0. The van der Waals surface area contributed by atoms with Gasteiger partial charge >= 0.3 is 6.03 Å². The molecule has 0 radical (unpaired) electrons. The molecule has 30 heavy (non-hydrogen) atoms. The number of urea groups is 1. The monoisotopic (exact) mass is 404 g/mol. The zero-order chi connectivity index (χ0) is 20.6. The molecular formula is C26H32N2O2. The Hall–Kier alpha value is -2.33. The van der Waals surface area contributed by atoms with Gasteiger partial charge in [-0.25, -0.2) is 4.79 Å². The molecule has 3 fully saturated rings. The van der Waals surface area contributed by atoms with E-state index >= 15 is 0 Å². The summed E-state index contributed by atoms with van der Waals surface area (Å²) in [7, 11) is 0. The van der Waals surface area contributed by atoms with Crippen molar-refractivity contribution < 1.29 is 9.90 Å². The fourth-order valence-corrected chi connectivity index (χ4v) is 5.34. The lowest BCUT2D eigenvalue weighted by Gasteiger charge is -2.45. The number of rotatable bonds is 5. The molecule has 4 nitrogen and oxygen atoms in total. The lowest BCUT2D eigenvalue weighted by atomic mass is 9.84. The summed E-state index contributed by atoms with van der Waals surface area (Å²) >= 11 is 0. The van der Waals surface area contributed by atoms with E-state index in [1.165, 1.54) is 24.8 Å². The van der Waals surface area contributed by atoms with Crippen LogP contribution in [-0.4, -0.2) is 47.1 Å². The summed E-state index contributed by atoms with van der Waals surface area (Å²) in [5.41, 5.74) is 1.66. The van der Waals surface area contributed by atoms with Gasteiger partial charge in [0.25, 0.3) is 0 Å². The van der Waals surface area contributed by atoms with Crippen molar-refractivity contribution in [1.82, 2.24) is 9.80 Å². The number of nitrogens with zero attached hydrogens (tertiary/aromatic N) is 2. The highest BCUT2D eigenvalue weighted by atomic mass is 16.3. The molecule has 2 unspecified atom stereocenters. The van der Waals surface area contributed by atoms with E-state index in [4.69, 9.17) is 0 Å². The fraction of sp³-hybridized carbons (Fsp3) is 0.500. The SMILES string of the molecule is O=C(N1CCC(O)(c2ccccc2)CC1)N1CC(CCC2CC2c2ccccc2)C1. The van der Waals surface area contributed by atoms with Gasteiger partial charge in [0, 0.05) is 26.2 Å². The molecule has 1 aliphatic carbocycles. The quantitative estimate of drug-likeness (QED) is 0.791. The lowest BCUT2D eigenvalue weighted by Crippen LogP contribution is -2.57. The van der Waals surface area contributed by atoms with Crippen LogP contribution >= 0.6 is 0 Å². The maximum absolute atomic E-state index is 12.8. The molecule has 5 rings (SSSR count). The summed E-state index contributed by atoms with van der Waals surface area (Å²) in [6, 6.07) is 20.9. The first-order chi connectivity index (χ1) is 14.6. The minimum Gasteiger partial charge on any atom is -0.385 e. The van der Waals surface area contributed by atoms with Crippen molar-refractivity contribution in [3.63, 3.8) is 0 Å². The van der Waals surface area contributed by atoms with E-state index < -0.39 is 5.60 Å². The fourth-order valence-electron chi connectivity index (χ4n) is 5.34. The number of benzene rings is 2. The van der Waals surface area contributed by atoms with Gasteiger partial charge in [0.1, 0.15) is 0 Å². The second-order valence-corrected chi connectivity index (χ2v) is 9.53. The number of piperidine rings is 1. The Morgan fingerprint density at radius 3 is 2.20 bits per heavy atom. The number of hydrogen-bond donors (Lipinski definition) is 1. The van der Waals surface area contributed by atoms with Crippen molar-refractivity contribution >= 4 is 6.03 Å². The van der Waals surface area contributed by atoms with Crippen molar-refractivity contribution in [1.29, 1.82) is 0 Å². The summed E-state index contributed by atoms with van der Waals surface area (Å²) in [6.45, 7) is 3.07. The highest BCUT2D eigenvalue weighted by molar-refractivity contribution is 5.75. The number of carbonyl (C=O) groups excluding carboxylic acids is 1. The molecule has 2 aliphatic heterocycles. The first kappa shape index (κ1) is 19.6. The minimum atomic E-state index is -0.797. The summed E-state index contributed by atoms with van der Waals surface area (Å²) in [5.74, 6) is 2.27. The number of carbonyl (C=O) groups is 1. The predicted octanol–water partition coefficient (Wildman–Crippen LogP) is 4.61. The Bertz CT molecular complexity index is 855. The van der Waals surface area contributed by atoms with Gasteiger partial charge in [-0.2, -0.15) is 0 Å². The maximum atomic E-state index is 12.8. The largest absolute Gasteiger partial charge is 0.385 e. The Kier molecular flexibility index (Phi) is 5.28. The van der Waals surface area contributed by atoms with Crippen LogP contribution in [0.5, 0.6) is 0 Å². The highest BCUT2D eigenvalue weighted by Crippen LogP contribution is 2.50. The Labute approximate surface area is 179 Å². The van der Waals surface area contributed by atoms with E-state index in [1.807, 2.05) is 40.1 Å². The molecule has 2 amide bonds. The first-order valence-corrected chi connectivity index (χ1v) is 11.5. The molecular weight excluding hydrogens is 372 g/mol. The second-order valence-electron chi connectivity index (χ2n) is 9.53. The van der Waals surface area contributed by atoms with E-state index in [0.29, 0.717) is 31.8 Å². The molecule has 2 atom stereocenters. The van der Waals surface area contributed by atoms with Gasteiger partial charge in [-0.15, -0.1) is 0 Å². The second kappa shape index (κ2) is 8.07. The first-order valence-electron chi connectivity index (χ1n) is 11.5. The normalized spacial score (nSPS) is 25.6. The van der Waals surface area contributed by atoms with Crippen LogP contribution in [0.25, 0.3) is 0 Å². The van der Waals surface area contributed by atoms with E-state index in [9.17, 15) is 9.90 Å². The van der Waals surface area contributed by atoms with Crippen LogP contribution in [0.15, 0.2) is 60.7 Å². The van der Waals surface area contributed by atoms with Crippen LogP contribution in [0.3, 0.4) is 0 Å². The standard InChI is InChI=1S/C26H32N2O2/c29-25(27-15-13-26(30,14-16-27)23-9-5-2-6-10-23)28-18-20(19-28)11-12-22-17-24(22)21-7-3-1-4-8-21/h1-10,20,22,24,30H,11-19H2. The molecule has 2 saturated heterocycles. The van der Waals surface area contributed by atoms with Gasteiger partial charge in [0.05, 0.1) is 5.60 Å². The Morgan fingerprint density at radius 1 is 0.900 bits per heavy atom. The predicted molar refractivity (Wildman–Crippen MR) is 118 cm³/mol. The molecule has 2 heterocycles. The van der Waals surface area contributed by atoms with Gasteiger partial charge in [-0.05, 0) is 61.0 Å². The van der Waals surface area contributed by atoms with Crippen molar-refractivity contribution in [3.05, 3.63) is 71.8 Å². The average molecular weight is 405 g/mol. The average Bonchev–Trinajstić information content (AvgIpc) is 3.54. The smallest absolute Gasteiger partial charge is 0.320 e. The molecule has 0 aromatic heterocycles. The van der Waals surface area contributed by atoms with Gasteiger partial charge in [0.2, 0.25) is 0 Å². The van der Waals surface area contributed by atoms with Crippen LogP contribution in [0.2, 0.25) is 0 Å². The van der Waals surface area contributed by atoms with E-state index in [0.717, 1.165) is 30.5 Å². The third kappa shape index (κ3) is 3.98. The Balaban J connectivity index is 1.03. The molecule has 158 valence electrons. The minimum absolute atomic E-state index is 0.162. The number of hydrogen-bond acceptors (Lipinski definition) is 2. The zero-order valence-electron chi connectivity index (χ0n) is 17.6. The van der Waals surface area contributed by atoms with Gasteiger partial charge in [-0.3, -0.25) is 0 Å². The third-order valence-corrected chi connectivity index (χ3v) is 7.50. The van der Waals surface area contributed by atoms with Gasteiger partial charge in [-0.1, -0.05) is 60.7 Å². The number of likely N-dealkylation sites (tertiary alicyclic amines) is 2. The molecule has 4 heteroatoms. The Morgan fingerprint density at radius 2 is 1.53 bits per heavy atom. The summed E-state index contributed by atoms with van der Waals surface area (Å²) in [5, 5.41) is 11.0. The van der Waals surface area contributed by atoms with Crippen molar-refractivity contribution in [2.45, 2.75) is 43.6 Å². The summed E-state index contributed by atoms with van der Waals surface area (Å²) in [4.78, 5) is 16.8. The van der Waals surface area contributed by atoms with Crippen LogP contribution in [0.1, 0.15) is 49.1 Å². The van der Waals surface area contributed by atoms with E-state index in [-0.39, 0.29) is 6.03 Å². The van der Waals surface area contributed by atoms with Crippen LogP contribution < -0.4 is 0 Å². The lowest BCUT2D eigenvalue weighted by molar-refractivity contribution is -0.0235. The molecule has 2 aromatic rings. The van der Waals surface area contributed by atoms with Crippen molar-refractivity contribution in [3.8, 4) is 0 Å². The molecule has 0 bridgehead atoms. The van der Waals surface area contributed by atoms with Crippen LogP contribution in [0, 0.1) is 11.8 Å². The highest BCUT2D eigenvalue weighted by Gasteiger charge is 2.41. The number of amides is 2. The molecule has 1 N–H and O–H groups in total. The summed E-state index contributed by atoms with van der Waals surface area (Å²) in [6.07, 6.45) is 5.09. The van der Waals surface area contributed by atoms with Gasteiger partial charge in [0.15, 0.2) is 0 Å². The van der Waals surface area contributed by atoms with E-state index in [2.05, 4.69) is 30.3 Å². The molecule has 2 aromatic carbocycles. The van der Waals surface area contributed by atoms with E-state index in [1.54, 1.807) is 0 Å². The van der Waals surface area contributed by atoms with Gasteiger partial charge < -0.3 is 14.9 Å². The van der Waals surface area contributed by atoms with Crippen molar-refractivity contribution in [2.75, 3.05) is 26.2 Å². The van der Waals surface area contributed by atoms with Crippen LogP contribution in [-0.2, 0) is 5.60 Å². The molecule has 0 spiro atoms. The van der Waals surface area contributed by atoms with Crippen molar-refractivity contribution in [2.24, 2.45) is 11.8 Å². The molecule has 3 aliphatic rings. The topological polar surface area (TPSA) is 43.8 Å². The zero-order valence-corrected chi connectivity index (χ0v) is 17.6. The van der Waals surface area contributed by atoms with Crippen LogP contribution in [0.4, 0.5) is 4.79 Å². The maximum Gasteiger partial charge on any atom is 0.320 e.